The lowest BCUT2D eigenvalue weighted by Crippen LogP contribution is -2.45. The highest BCUT2D eigenvalue weighted by Gasteiger charge is 2.18. The highest BCUT2D eigenvalue weighted by atomic mass is 16.2. The Morgan fingerprint density at radius 3 is 2.11 bits per heavy atom. The molecule has 1 unspecified atom stereocenters. The number of nitrogens with one attached hydrogen (secondary N) is 1. The van der Waals surface area contributed by atoms with E-state index in [0.717, 1.165) is 12.8 Å². The first-order valence-electron chi connectivity index (χ1n) is 6.33. The van der Waals surface area contributed by atoms with Gasteiger partial charge in [0.2, 0.25) is 11.8 Å². The van der Waals surface area contributed by atoms with Crippen molar-refractivity contribution < 1.29 is 9.59 Å². The molecule has 0 spiro atoms. The standard InChI is InChI=1S/C11H23N3O2.CH5N/c1-8(2)7-9(11(13)16)14-10(15)5-3-4-6-12;1-2/h8-9H,3-7,12H2,1-2H3,(H2,13,16)(H,14,15);2H2,1H3. The molecule has 0 bridgehead atoms. The molecule has 0 heterocycles. The summed E-state index contributed by atoms with van der Waals surface area (Å²) in [6, 6.07) is -0.551. The van der Waals surface area contributed by atoms with Crippen LogP contribution in [0.25, 0.3) is 0 Å². The average molecular weight is 260 g/mol. The topological polar surface area (TPSA) is 124 Å². The molecule has 2 amide bonds. The summed E-state index contributed by atoms with van der Waals surface area (Å²) in [6.45, 7) is 4.55. The minimum atomic E-state index is -0.551. The average Bonchev–Trinajstić information content (AvgIpc) is 2.30. The van der Waals surface area contributed by atoms with Crippen molar-refractivity contribution in [3.05, 3.63) is 0 Å². The Morgan fingerprint density at radius 2 is 1.72 bits per heavy atom. The van der Waals surface area contributed by atoms with E-state index in [0.29, 0.717) is 25.3 Å². The van der Waals surface area contributed by atoms with Gasteiger partial charge in [-0.15, -0.1) is 0 Å². The molecule has 1 atom stereocenters. The lowest BCUT2D eigenvalue weighted by atomic mass is 10.0. The molecule has 108 valence electrons. The predicted molar refractivity (Wildman–Crippen MR) is 73.6 cm³/mol. The Hall–Kier alpha value is -1.14. The van der Waals surface area contributed by atoms with Crippen LogP contribution in [0.15, 0.2) is 0 Å². The molecule has 0 saturated heterocycles. The van der Waals surface area contributed by atoms with Gasteiger partial charge in [0.05, 0.1) is 0 Å². The Balaban J connectivity index is 0. The molecule has 0 aromatic heterocycles. The van der Waals surface area contributed by atoms with Crippen LogP contribution in [-0.4, -0.2) is 31.4 Å². The Kier molecular flexibility index (Phi) is 13.1. The highest BCUT2D eigenvalue weighted by Crippen LogP contribution is 2.05. The molecule has 6 nitrogen and oxygen atoms in total. The minimum Gasteiger partial charge on any atom is -0.368 e. The van der Waals surface area contributed by atoms with Gasteiger partial charge in [-0.25, -0.2) is 0 Å². The van der Waals surface area contributed by atoms with Gasteiger partial charge in [0.15, 0.2) is 0 Å². The summed E-state index contributed by atoms with van der Waals surface area (Å²) in [5.74, 6) is -0.277. The number of amides is 2. The van der Waals surface area contributed by atoms with Crippen molar-refractivity contribution in [1.82, 2.24) is 5.32 Å². The van der Waals surface area contributed by atoms with E-state index in [9.17, 15) is 9.59 Å². The third-order valence-corrected chi connectivity index (χ3v) is 2.24. The van der Waals surface area contributed by atoms with Crippen molar-refractivity contribution in [1.29, 1.82) is 0 Å². The molecule has 0 aliphatic carbocycles. The second kappa shape index (κ2) is 12.3. The Bertz CT molecular complexity index is 232. The third-order valence-electron chi connectivity index (χ3n) is 2.24. The Morgan fingerprint density at radius 1 is 1.17 bits per heavy atom. The van der Waals surface area contributed by atoms with E-state index < -0.39 is 11.9 Å². The number of nitrogens with two attached hydrogens (primary N) is 3. The van der Waals surface area contributed by atoms with E-state index >= 15 is 0 Å². The number of hydrogen-bond acceptors (Lipinski definition) is 4. The molecule has 0 saturated carbocycles. The summed E-state index contributed by atoms with van der Waals surface area (Å²) >= 11 is 0. The molecule has 0 aromatic rings. The van der Waals surface area contributed by atoms with E-state index in [1.165, 1.54) is 7.05 Å². The molecule has 6 heteroatoms. The fraction of sp³-hybridized carbons (Fsp3) is 0.833. The van der Waals surface area contributed by atoms with Crippen LogP contribution in [0.3, 0.4) is 0 Å². The first kappa shape index (κ1) is 19.2. The number of unbranched alkanes of at least 4 members (excludes halogenated alkanes) is 1. The molecule has 0 aliphatic rings. The maximum Gasteiger partial charge on any atom is 0.240 e. The third kappa shape index (κ3) is 11.3. The van der Waals surface area contributed by atoms with Crippen molar-refractivity contribution >= 4 is 11.8 Å². The van der Waals surface area contributed by atoms with Crippen molar-refractivity contribution in [3.8, 4) is 0 Å². The SMILES string of the molecule is CC(C)CC(NC(=O)CCCCN)C(N)=O.CN. The lowest BCUT2D eigenvalue weighted by molar-refractivity contribution is -0.127. The first-order valence-corrected chi connectivity index (χ1v) is 6.33. The minimum absolute atomic E-state index is 0.127. The van der Waals surface area contributed by atoms with E-state index in [-0.39, 0.29) is 5.91 Å². The normalized spacial score (nSPS) is 11.4. The predicted octanol–water partition coefficient (Wildman–Crippen LogP) is -0.293. The second-order valence-corrected chi connectivity index (χ2v) is 4.40. The summed E-state index contributed by atoms with van der Waals surface area (Å²) in [5.41, 5.74) is 15.0. The zero-order valence-corrected chi connectivity index (χ0v) is 11.7. The van der Waals surface area contributed by atoms with Crippen LogP contribution in [0.4, 0.5) is 0 Å². The van der Waals surface area contributed by atoms with Gasteiger partial charge in [-0.05, 0) is 38.8 Å². The Labute approximate surface area is 110 Å². The number of hydrogen-bond donors (Lipinski definition) is 4. The fourth-order valence-electron chi connectivity index (χ4n) is 1.41. The molecule has 0 radical (unpaired) electrons. The summed E-state index contributed by atoms with van der Waals surface area (Å²) in [6.07, 6.45) is 2.55. The lowest BCUT2D eigenvalue weighted by Gasteiger charge is -2.17. The summed E-state index contributed by atoms with van der Waals surface area (Å²) in [5, 5.41) is 2.65. The summed E-state index contributed by atoms with van der Waals surface area (Å²) in [4.78, 5) is 22.5. The van der Waals surface area contributed by atoms with E-state index in [2.05, 4.69) is 11.1 Å². The van der Waals surface area contributed by atoms with Crippen LogP contribution >= 0.6 is 0 Å². The molecule has 0 aliphatic heterocycles. The number of carbonyl (C=O) groups is 2. The van der Waals surface area contributed by atoms with Crippen molar-refractivity contribution in [2.45, 2.75) is 45.6 Å². The second-order valence-electron chi connectivity index (χ2n) is 4.40. The summed E-state index contributed by atoms with van der Waals surface area (Å²) < 4.78 is 0. The zero-order valence-electron chi connectivity index (χ0n) is 11.7. The van der Waals surface area contributed by atoms with Gasteiger partial charge in [0.1, 0.15) is 6.04 Å². The van der Waals surface area contributed by atoms with Crippen molar-refractivity contribution in [3.63, 3.8) is 0 Å². The number of primary amides is 1. The van der Waals surface area contributed by atoms with Gasteiger partial charge in [-0.2, -0.15) is 0 Å². The molecule has 0 rings (SSSR count). The van der Waals surface area contributed by atoms with E-state index in [1.807, 2.05) is 13.8 Å². The largest absolute Gasteiger partial charge is 0.368 e. The smallest absolute Gasteiger partial charge is 0.240 e. The van der Waals surface area contributed by atoms with Crippen molar-refractivity contribution in [2.24, 2.45) is 23.1 Å². The quantitative estimate of drug-likeness (QED) is 0.447. The zero-order chi connectivity index (χ0) is 14.6. The van der Waals surface area contributed by atoms with Crippen LogP contribution in [0.2, 0.25) is 0 Å². The highest BCUT2D eigenvalue weighted by molar-refractivity contribution is 5.86. The van der Waals surface area contributed by atoms with Gasteiger partial charge in [0.25, 0.3) is 0 Å². The molecule has 18 heavy (non-hydrogen) atoms. The molecule has 0 fully saturated rings. The van der Waals surface area contributed by atoms with Gasteiger partial charge in [0, 0.05) is 6.42 Å². The summed E-state index contributed by atoms with van der Waals surface area (Å²) in [7, 11) is 1.50. The maximum atomic E-state index is 11.5. The maximum absolute atomic E-state index is 11.5. The fourth-order valence-corrected chi connectivity index (χ4v) is 1.41. The number of rotatable bonds is 8. The molecule has 0 aromatic carbocycles. The van der Waals surface area contributed by atoms with Gasteiger partial charge in [-0.1, -0.05) is 13.8 Å². The van der Waals surface area contributed by atoms with E-state index in [4.69, 9.17) is 11.5 Å². The molecule has 7 N–H and O–H groups in total. The van der Waals surface area contributed by atoms with Gasteiger partial charge < -0.3 is 22.5 Å². The van der Waals surface area contributed by atoms with Crippen LogP contribution < -0.4 is 22.5 Å². The van der Waals surface area contributed by atoms with E-state index in [1.54, 1.807) is 0 Å². The van der Waals surface area contributed by atoms with Crippen LogP contribution in [0.5, 0.6) is 0 Å². The monoisotopic (exact) mass is 260 g/mol. The van der Waals surface area contributed by atoms with Crippen LogP contribution in [0.1, 0.15) is 39.5 Å². The first-order chi connectivity index (χ1) is 8.47. The molecular weight excluding hydrogens is 232 g/mol. The van der Waals surface area contributed by atoms with Gasteiger partial charge >= 0.3 is 0 Å². The van der Waals surface area contributed by atoms with Gasteiger partial charge in [-0.3, -0.25) is 9.59 Å². The van der Waals surface area contributed by atoms with Crippen LogP contribution in [-0.2, 0) is 9.59 Å². The number of carbonyl (C=O) groups excluding carboxylic acids is 2. The molecular formula is C12H28N4O2. The van der Waals surface area contributed by atoms with Crippen molar-refractivity contribution in [2.75, 3.05) is 13.6 Å². The van der Waals surface area contributed by atoms with Crippen LogP contribution in [0, 0.1) is 5.92 Å².